The molecule has 3 nitrogen and oxygen atoms in total. The first-order valence-electron chi connectivity index (χ1n) is 7.38. The van der Waals surface area contributed by atoms with Crippen molar-refractivity contribution in [3.8, 4) is 0 Å². The van der Waals surface area contributed by atoms with Crippen molar-refractivity contribution in [3.63, 3.8) is 0 Å². The second kappa shape index (κ2) is 7.25. The minimum Gasteiger partial charge on any atom is -0.394 e. The summed E-state index contributed by atoms with van der Waals surface area (Å²) in [6.45, 7) is 0.0542. The Morgan fingerprint density at radius 3 is 2.60 bits per heavy atom. The molecule has 20 heavy (non-hydrogen) atoms. The molecule has 2 N–H and O–H groups in total. The molecule has 1 saturated carbocycles. The zero-order valence-electron chi connectivity index (χ0n) is 11.8. The lowest BCUT2D eigenvalue weighted by molar-refractivity contribution is -0.123. The van der Waals surface area contributed by atoms with Gasteiger partial charge in [-0.2, -0.15) is 0 Å². The number of carbonyl (C=O) groups is 1. The van der Waals surface area contributed by atoms with E-state index in [0.29, 0.717) is 6.42 Å². The summed E-state index contributed by atoms with van der Waals surface area (Å²) < 4.78 is 0. The fraction of sp³-hybridized carbons (Fsp3) is 0.471. The first kappa shape index (κ1) is 14.8. The molecule has 0 aliphatic heterocycles. The lowest BCUT2D eigenvalue weighted by atomic mass is 9.98. The normalized spacial score (nSPS) is 17.4. The molecule has 2 rings (SSSR count). The van der Waals surface area contributed by atoms with Crippen LogP contribution in [0.25, 0.3) is 6.08 Å². The average Bonchev–Trinajstić information content (AvgIpc) is 2.94. The SMILES string of the molecule is O=C(CC/C=C/c1ccccc1)NC1(CO)CCCC1. The summed E-state index contributed by atoms with van der Waals surface area (Å²) in [6.07, 6.45) is 9.24. The number of carbonyl (C=O) groups excluding carboxylic acids is 1. The average molecular weight is 273 g/mol. The lowest BCUT2D eigenvalue weighted by Gasteiger charge is -2.27. The largest absolute Gasteiger partial charge is 0.394 e. The van der Waals surface area contributed by atoms with Crippen molar-refractivity contribution in [2.24, 2.45) is 0 Å². The number of aliphatic hydroxyl groups is 1. The van der Waals surface area contributed by atoms with Gasteiger partial charge in [-0.05, 0) is 24.8 Å². The van der Waals surface area contributed by atoms with Crippen molar-refractivity contribution in [3.05, 3.63) is 42.0 Å². The highest BCUT2D eigenvalue weighted by Gasteiger charge is 2.34. The summed E-state index contributed by atoms with van der Waals surface area (Å²) in [7, 11) is 0. The van der Waals surface area contributed by atoms with Crippen LogP contribution in [0, 0.1) is 0 Å². The van der Waals surface area contributed by atoms with Gasteiger partial charge in [-0.15, -0.1) is 0 Å². The predicted octanol–water partition coefficient (Wildman–Crippen LogP) is 2.90. The van der Waals surface area contributed by atoms with Crippen molar-refractivity contribution in [2.45, 2.75) is 44.1 Å². The van der Waals surface area contributed by atoms with Gasteiger partial charge in [-0.3, -0.25) is 4.79 Å². The number of rotatable bonds is 6. The van der Waals surface area contributed by atoms with E-state index in [1.807, 2.05) is 42.5 Å². The van der Waals surface area contributed by atoms with Crippen LogP contribution in [0.5, 0.6) is 0 Å². The molecule has 0 atom stereocenters. The van der Waals surface area contributed by atoms with E-state index in [1.54, 1.807) is 0 Å². The Balaban J connectivity index is 1.74. The number of aliphatic hydroxyl groups excluding tert-OH is 1. The molecule has 0 radical (unpaired) electrons. The molecule has 1 aliphatic rings. The van der Waals surface area contributed by atoms with Crippen LogP contribution in [-0.2, 0) is 4.79 Å². The van der Waals surface area contributed by atoms with Crippen LogP contribution in [0.2, 0.25) is 0 Å². The molecule has 0 saturated heterocycles. The van der Waals surface area contributed by atoms with E-state index in [0.717, 1.165) is 37.7 Å². The van der Waals surface area contributed by atoms with E-state index in [1.165, 1.54) is 0 Å². The molecule has 1 aromatic carbocycles. The highest BCUT2D eigenvalue weighted by Crippen LogP contribution is 2.29. The van der Waals surface area contributed by atoms with Crippen LogP contribution in [0.4, 0.5) is 0 Å². The van der Waals surface area contributed by atoms with Gasteiger partial charge in [0.25, 0.3) is 0 Å². The first-order chi connectivity index (χ1) is 9.74. The molecule has 0 bridgehead atoms. The molecule has 3 heteroatoms. The minimum atomic E-state index is -0.347. The molecule has 1 fully saturated rings. The highest BCUT2D eigenvalue weighted by atomic mass is 16.3. The Kier molecular flexibility index (Phi) is 5.36. The monoisotopic (exact) mass is 273 g/mol. The van der Waals surface area contributed by atoms with Crippen molar-refractivity contribution in [1.29, 1.82) is 0 Å². The van der Waals surface area contributed by atoms with Gasteiger partial charge in [0.05, 0.1) is 12.1 Å². The molecule has 108 valence electrons. The van der Waals surface area contributed by atoms with Crippen molar-refractivity contribution < 1.29 is 9.90 Å². The van der Waals surface area contributed by atoms with E-state index >= 15 is 0 Å². The van der Waals surface area contributed by atoms with Gasteiger partial charge < -0.3 is 10.4 Å². The zero-order valence-corrected chi connectivity index (χ0v) is 11.8. The fourth-order valence-electron chi connectivity index (χ4n) is 2.73. The summed E-state index contributed by atoms with van der Waals surface area (Å²) in [5, 5.41) is 12.5. The second-order valence-electron chi connectivity index (χ2n) is 5.55. The zero-order chi connectivity index (χ0) is 14.3. The highest BCUT2D eigenvalue weighted by molar-refractivity contribution is 5.77. The minimum absolute atomic E-state index is 0.0404. The van der Waals surface area contributed by atoms with Crippen LogP contribution in [0.1, 0.15) is 44.1 Å². The van der Waals surface area contributed by atoms with Crippen molar-refractivity contribution in [1.82, 2.24) is 5.32 Å². The van der Waals surface area contributed by atoms with E-state index in [-0.39, 0.29) is 18.1 Å². The summed E-state index contributed by atoms with van der Waals surface area (Å²) in [6, 6.07) is 10.1. The van der Waals surface area contributed by atoms with Gasteiger partial charge in [0, 0.05) is 6.42 Å². The van der Waals surface area contributed by atoms with Gasteiger partial charge in [0.2, 0.25) is 5.91 Å². The summed E-state index contributed by atoms with van der Waals surface area (Å²) in [5.41, 5.74) is 0.802. The standard InChI is InChI=1S/C17H23NO2/c19-14-17(12-6-7-13-17)18-16(20)11-5-4-10-15-8-2-1-3-9-15/h1-4,8-10,19H,5-7,11-14H2,(H,18,20)/b10-4+. The van der Waals surface area contributed by atoms with E-state index in [9.17, 15) is 9.90 Å². The van der Waals surface area contributed by atoms with Crippen molar-refractivity contribution >= 4 is 12.0 Å². The molecule has 0 spiro atoms. The molecular weight excluding hydrogens is 250 g/mol. The maximum absolute atomic E-state index is 11.9. The van der Waals surface area contributed by atoms with E-state index < -0.39 is 0 Å². The molecule has 0 unspecified atom stereocenters. The smallest absolute Gasteiger partial charge is 0.220 e. The third kappa shape index (κ3) is 4.20. The molecule has 1 aromatic rings. The lowest BCUT2D eigenvalue weighted by Crippen LogP contribution is -2.49. The Labute approximate surface area is 120 Å². The quantitative estimate of drug-likeness (QED) is 0.837. The molecule has 1 amide bonds. The Morgan fingerprint density at radius 1 is 1.25 bits per heavy atom. The van der Waals surface area contributed by atoms with Gasteiger partial charge in [-0.25, -0.2) is 0 Å². The van der Waals surface area contributed by atoms with Crippen LogP contribution in [0.15, 0.2) is 36.4 Å². The Morgan fingerprint density at radius 2 is 1.95 bits per heavy atom. The van der Waals surface area contributed by atoms with E-state index in [4.69, 9.17) is 0 Å². The number of hydrogen-bond acceptors (Lipinski definition) is 2. The van der Waals surface area contributed by atoms with Gasteiger partial charge in [-0.1, -0.05) is 55.3 Å². The maximum atomic E-state index is 11.9. The molecule has 0 aromatic heterocycles. The van der Waals surface area contributed by atoms with Gasteiger partial charge >= 0.3 is 0 Å². The fourth-order valence-corrected chi connectivity index (χ4v) is 2.73. The number of nitrogens with one attached hydrogen (secondary N) is 1. The van der Waals surface area contributed by atoms with Gasteiger partial charge in [0.1, 0.15) is 0 Å². The van der Waals surface area contributed by atoms with Crippen LogP contribution in [-0.4, -0.2) is 23.2 Å². The predicted molar refractivity (Wildman–Crippen MR) is 81.1 cm³/mol. The van der Waals surface area contributed by atoms with Crippen LogP contribution in [0.3, 0.4) is 0 Å². The molecule has 1 aliphatic carbocycles. The van der Waals surface area contributed by atoms with Crippen LogP contribution >= 0.6 is 0 Å². The van der Waals surface area contributed by atoms with E-state index in [2.05, 4.69) is 5.32 Å². The number of benzene rings is 1. The number of amides is 1. The van der Waals surface area contributed by atoms with Crippen molar-refractivity contribution in [2.75, 3.05) is 6.61 Å². The topological polar surface area (TPSA) is 49.3 Å². The Bertz CT molecular complexity index is 447. The van der Waals surface area contributed by atoms with Crippen LogP contribution < -0.4 is 5.32 Å². The number of hydrogen-bond donors (Lipinski definition) is 2. The summed E-state index contributed by atoms with van der Waals surface area (Å²) in [5.74, 6) is 0.0404. The summed E-state index contributed by atoms with van der Waals surface area (Å²) >= 11 is 0. The second-order valence-corrected chi connectivity index (χ2v) is 5.55. The Hall–Kier alpha value is -1.61. The maximum Gasteiger partial charge on any atom is 0.220 e. The van der Waals surface area contributed by atoms with Gasteiger partial charge in [0.15, 0.2) is 0 Å². The summed E-state index contributed by atoms with van der Waals surface area (Å²) in [4.78, 5) is 11.9. The third-order valence-electron chi connectivity index (χ3n) is 3.92. The third-order valence-corrected chi connectivity index (χ3v) is 3.92. The number of allylic oxidation sites excluding steroid dienone is 1. The first-order valence-corrected chi connectivity index (χ1v) is 7.38. The molecular formula is C17H23NO2. The molecule has 0 heterocycles.